The quantitative estimate of drug-likeness (QED) is 0.105. The summed E-state index contributed by atoms with van der Waals surface area (Å²) in [5.74, 6) is -2.30. The number of ether oxygens (including phenoxy) is 1. The first-order chi connectivity index (χ1) is 25.1. The first-order valence-electron chi connectivity index (χ1n) is 18.2. The van der Waals surface area contributed by atoms with E-state index in [4.69, 9.17) is 4.74 Å². The van der Waals surface area contributed by atoms with Crippen LogP contribution in [0.4, 0.5) is 11.4 Å². The summed E-state index contributed by atoms with van der Waals surface area (Å²) in [6, 6.07) is 19.2. The Balaban J connectivity index is 1.67. The van der Waals surface area contributed by atoms with Crippen LogP contribution in [0.3, 0.4) is 0 Å². The largest absolute Gasteiger partial charge is 0.483 e. The minimum atomic E-state index is -4.05. The second-order valence-corrected chi connectivity index (χ2v) is 17.3. The van der Waals surface area contributed by atoms with Crippen molar-refractivity contribution < 1.29 is 32.6 Å². The SMILES string of the molecule is CCCCC1(CCCC)CN(c2ccccc2)c2cc(SC)c(OCC(=O)NC(C(=O)NC(CC(C)(C)C)C(=O)O)c3ccccc3)cc2S(=O)(=O)N1. The van der Waals surface area contributed by atoms with E-state index in [-0.39, 0.29) is 22.5 Å². The van der Waals surface area contributed by atoms with Gasteiger partial charge in [-0.3, -0.25) is 9.59 Å². The van der Waals surface area contributed by atoms with Gasteiger partial charge in [-0.2, -0.15) is 0 Å². The zero-order chi connectivity index (χ0) is 38.8. The van der Waals surface area contributed by atoms with Crippen molar-refractivity contribution in [2.75, 3.05) is 24.3 Å². The maximum Gasteiger partial charge on any atom is 0.326 e. The molecule has 11 nitrogen and oxygen atoms in total. The van der Waals surface area contributed by atoms with Crippen LogP contribution in [0, 0.1) is 5.41 Å². The van der Waals surface area contributed by atoms with Gasteiger partial charge in [0.15, 0.2) is 6.61 Å². The molecule has 0 saturated heterocycles. The highest BCUT2D eigenvalue weighted by atomic mass is 32.2. The van der Waals surface area contributed by atoms with Crippen molar-refractivity contribution in [2.45, 2.75) is 107 Å². The number of sulfonamides is 1. The number of hydrogen-bond acceptors (Lipinski definition) is 8. The third kappa shape index (κ3) is 11.2. The molecule has 2 atom stereocenters. The minimum absolute atomic E-state index is 0.0459. The molecule has 0 saturated carbocycles. The van der Waals surface area contributed by atoms with Gasteiger partial charge in [0.05, 0.1) is 16.1 Å². The monoisotopic (exact) mass is 766 g/mol. The lowest BCUT2D eigenvalue weighted by molar-refractivity contribution is -0.143. The van der Waals surface area contributed by atoms with Gasteiger partial charge in [0.1, 0.15) is 22.7 Å². The van der Waals surface area contributed by atoms with Gasteiger partial charge in [-0.05, 0) is 54.7 Å². The number of anilines is 2. The average Bonchev–Trinajstić information content (AvgIpc) is 3.21. The molecule has 0 aromatic heterocycles. The number of rotatable bonds is 17. The Morgan fingerprint density at radius 1 is 0.962 bits per heavy atom. The summed E-state index contributed by atoms with van der Waals surface area (Å²) < 4.78 is 37.8. The molecule has 2 amide bonds. The molecule has 0 aliphatic carbocycles. The van der Waals surface area contributed by atoms with Gasteiger partial charge < -0.3 is 25.4 Å². The molecule has 288 valence electrons. The number of aliphatic carboxylic acids is 1. The van der Waals surface area contributed by atoms with E-state index in [1.807, 2.05) is 57.4 Å². The third-order valence-corrected chi connectivity index (χ3v) is 11.6. The molecule has 0 spiro atoms. The second-order valence-electron chi connectivity index (χ2n) is 14.8. The number of unbranched alkanes of at least 4 members (excludes halogenated alkanes) is 2. The molecule has 3 aromatic rings. The minimum Gasteiger partial charge on any atom is -0.483 e. The van der Waals surface area contributed by atoms with Crippen LogP contribution in [0.15, 0.2) is 82.6 Å². The molecule has 0 radical (unpaired) electrons. The molecule has 13 heteroatoms. The Bertz CT molecular complexity index is 1810. The number of thioether (sulfide) groups is 1. The molecule has 4 N–H and O–H groups in total. The number of para-hydroxylation sites is 1. The van der Waals surface area contributed by atoms with Crippen LogP contribution in [-0.2, 0) is 24.4 Å². The number of fused-ring (bicyclic) bond motifs is 1. The number of nitrogens with one attached hydrogen (secondary N) is 3. The Kier molecular flexibility index (Phi) is 14.4. The third-order valence-electron chi connectivity index (χ3n) is 9.21. The van der Waals surface area contributed by atoms with E-state index in [0.717, 1.165) is 31.4 Å². The highest BCUT2D eigenvalue weighted by molar-refractivity contribution is 7.98. The van der Waals surface area contributed by atoms with Gasteiger partial charge in [0.2, 0.25) is 15.9 Å². The van der Waals surface area contributed by atoms with Crippen LogP contribution in [0.2, 0.25) is 0 Å². The highest BCUT2D eigenvalue weighted by Gasteiger charge is 2.42. The van der Waals surface area contributed by atoms with E-state index in [0.29, 0.717) is 35.5 Å². The van der Waals surface area contributed by atoms with Gasteiger partial charge in [0, 0.05) is 18.3 Å². The van der Waals surface area contributed by atoms with E-state index in [9.17, 15) is 27.9 Å². The summed E-state index contributed by atoms with van der Waals surface area (Å²) in [6.07, 6.45) is 6.96. The first kappa shape index (κ1) is 41.7. The Hall–Kier alpha value is -4.07. The van der Waals surface area contributed by atoms with E-state index in [1.165, 1.54) is 17.8 Å². The fourth-order valence-electron chi connectivity index (χ4n) is 6.60. The number of carboxylic acids is 1. The predicted molar refractivity (Wildman–Crippen MR) is 210 cm³/mol. The number of nitrogens with zero attached hydrogens (tertiary/aromatic N) is 1. The molecule has 0 fully saturated rings. The molecule has 2 unspecified atom stereocenters. The fourth-order valence-corrected chi connectivity index (χ4v) is 8.81. The summed E-state index contributed by atoms with van der Waals surface area (Å²) in [5, 5.41) is 15.1. The molecular weight excluding hydrogens is 713 g/mol. The van der Waals surface area contributed by atoms with Crippen LogP contribution in [0.5, 0.6) is 5.75 Å². The average molecular weight is 767 g/mol. The summed E-state index contributed by atoms with van der Waals surface area (Å²) in [6.45, 7) is 9.75. The number of hydrogen-bond donors (Lipinski definition) is 4. The molecule has 53 heavy (non-hydrogen) atoms. The van der Waals surface area contributed by atoms with Gasteiger partial charge >= 0.3 is 5.97 Å². The van der Waals surface area contributed by atoms with Crippen LogP contribution >= 0.6 is 11.8 Å². The molecular formula is C40H54N4O7S2. The van der Waals surface area contributed by atoms with Crippen LogP contribution in [0.25, 0.3) is 0 Å². The molecule has 4 rings (SSSR count). The van der Waals surface area contributed by atoms with E-state index in [2.05, 4.69) is 34.1 Å². The van der Waals surface area contributed by atoms with Crippen molar-refractivity contribution >= 4 is 50.9 Å². The topological polar surface area (TPSA) is 154 Å². The lowest BCUT2D eigenvalue weighted by Crippen LogP contribution is -2.53. The normalized spacial score (nSPS) is 16.1. The summed E-state index contributed by atoms with van der Waals surface area (Å²) in [4.78, 5) is 41.8. The maximum absolute atomic E-state index is 14.3. The fraction of sp³-hybridized carbons (Fsp3) is 0.475. The maximum atomic E-state index is 14.3. The predicted octanol–water partition coefficient (Wildman–Crippen LogP) is 7.20. The highest BCUT2D eigenvalue weighted by Crippen LogP contribution is 2.44. The van der Waals surface area contributed by atoms with Crippen molar-refractivity contribution in [1.29, 1.82) is 0 Å². The summed E-state index contributed by atoms with van der Waals surface area (Å²) in [7, 11) is -4.05. The zero-order valence-corrected chi connectivity index (χ0v) is 33.2. The van der Waals surface area contributed by atoms with Gasteiger partial charge in [0.25, 0.3) is 5.91 Å². The van der Waals surface area contributed by atoms with Gasteiger partial charge in [-0.15, -0.1) is 11.8 Å². The van der Waals surface area contributed by atoms with Crippen LogP contribution < -0.4 is 25.0 Å². The van der Waals surface area contributed by atoms with Gasteiger partial charge in [-0.25, -0.2) is 17.9 Å². The lowest BCUT2D eigenvalue weighted by Gasteiger charge is -2.37. The van der Waals surface area contributed by atoms with Crippen molar-refractivity contribution in [3.05, 3.63) is 78.4 Å². The molecule has 0 bridgehead atoms. The van der Waals surface area contributed by atoms with Crippen molar-refractivity contribution in [3.63, 3.8) is 0 Å². The Morgan fingerprint density at radius 3 is 2.11 bits per heavy atom. The number of benzene rings is 3. The standard InChI is InChI=1S/C40H54N4O7S2/c1-7-9-21-40(22-10-8-2)27-44(29-19-15-12-16-20-29)31-23-33(52-6)32(24-34(31)53(49,50)43-40)51-26-35(45)42-36(28-17-13-11-14-18-28)37(46)41-30(38(47)48)25-39(3,4)5/h11-20,23-24,30,36,43H,7-10,21-22,25-27H2,1-6H3,(H,41,46)(H,42,45)(H,47,48). The lowest BCUT2D eigenvalue weighted by atomic mass is 9.87. The second kappa shape index (κ2) is 18.3. The number of carbonyl (C=O) groups excluding carboxylic acids is 2. The smallest absolute Gasteiger partial charge is 0.326 e. The first-order valence-corrected chi connectivity index (χ1v) is 20.9. The van der Waals surface area contributed by atoms with Crippen molar-refractivity contribution in [2.24, 2.45) is 5.41 Å². The number of amides is 2. The molecule has 1 aliphatic rings. The number of carbonyl (C=O) groups is 3. The van der Waals surface area contributed by atoms with E-state index in [1.54, 1.807) is 36.4 Å². The van der Waals surface area contributed by atoms with Crippen LogP contribution in [-0.4, -0.2) is 62.3 Å². The molecule has 1 aliphatic heterocycles. The zero-order valence-electron chi connectivity index (χ0n) is 31.6. The Morgan fingerprint density at radius 2 is 1.57 bits per heavy atom. The summed E-state index contributed by atoms with van der Waals surface area (Å²) >= 11 is 1.36. The van der Waals surface area contributed by atoms with E-state index < -0.39 is 52.0 Å². The van der Waals surface area contributed by atoms with Gasteiger partial charge in [-0.1, -0.05) is 109 Å². The van der Waals surface area contributed by atoms with E-state index >= 15 is 0 Å². The Labute approximate surface area is 318 Å². The number of carboxylic acid groups (broad SMARTS) is 1. The molecule has 3 aromatic carbocycles. The van der Waals surface area contributed by atoms with Crippen molar-refractivity contribution in [1.82, 2.24) is 15.4 Å². The van der Waals surface area contributed by atoms with Crippen molar-refractivity contribution in [3.8, 4) is 5.75 Å². The molecule has 1 heterocycles. The van der Waals surface area contributed by atoms with Crippen LogP contribution in [0.1, 0.15) is 91.2 Å². The summed E-state index contributed by atoms with van der Waals surface area (Å²) in [5.41, 5.74) is 0.749.